The fraction of sp³-hybridized carbons (Fsp3) is 0. The Hall–Kier alpha value is -7.34. The Labute approximate surface area is 332 Å². The van der Waals surface area contributed by atoms with Gasteiger partial charge in [0.2, 0.25) is 0 Å². The fourth-order valence-corrected chi connectivity index (χ4v) is 9.86. The maximum Gasteiger partial charge on any atom is 0.138 e. The molecule has 12 aromatic rings. The summed E-state index contributed by atoms with van der Waals surface area (Å²) in [5, 5.41) is 7.35. The number of hydrogen-bond donors (Lipinski definition) is 0. The number of thiophene rings is 1. The summed E-state index contributed by atoms with van der Waals surface area (Å²) in [5.74, 6) is 0.883. The van der Waals surface area contributed by atoms with E-state index >= 15 is 0 Å². The van der Waals surface area contributed by atoms with Crippen molar-refractivity contribution in [3.8, 4) is 45.3 Å². The molecule has 7 aromatic carbocycles. The first-order chi connectivity index (χ1) is 28.3. The summed E-state index contributed by atoms with van der Waals surface area (Å²) in [7, 11) is 0. The predicted octanol–water partition coefficient (Wildman–Crippen LogP) is 14.0. The SMILES string of the molecule is c1ccc(-c2cccc(-c3cccc(-n4c5ccccc5c5ccc6c7ccccc7n(-c7cccc(-c8ccc9sc%10ccccc%10c9c8)n7)c6c54)c3)n2)cc1. The zero-order valence-corrected chi connectivity index (χ0v) is 31.5. The molecule has 0 spiro atoms. The van der Waals surface area contributed by atoms with Crippen LogP contribution in [0.1, 0.15) is 0 Å². The van der Waals surface area contributed by atoms with Gasteiger partial charge < -0.3 is 4.57 Å². The quantitative estimate of drug-likeness (QED) is 0.176. The Morgan fingerprint density at radius 1 is 0.333 bits per heavy atom. The summed E-state index contributed by atoms with van der Waals surface area (Å²) in [6.45, 7) is 0. The van der Waals surface area contributed by atoms with Crippen LogP contribution in [0.3, 0.4) is 0 Å². The predicted molar refractivity (Wildman–Crippen MR) is 240 cm³/mol. The number of rotatable bonds is 5. The zero-order valence-electron chi connectivity index (χ0n) is 30.7. The molecule has 0 N–H and O–H groups in total. The molecular formula is C52H32N4S. The molecule has 0 unspecified atom stereocenters. The molecule has 0 aliphatic carbocycles. The third-order valence-corrected chi connectivity index (χ3v) is 12.5. The molecule has 0 aliphatic rings. The van der Waals surface area contributed by atoms with Gasteiger partial charge >= 0.3 is 0 Å². The van der Waals surface area contributed by atoms with Crippen LogP contribution in [0.4, 0.5) is 0 Å². The van der Waals surface area contributed by atoms with Crippen LogP contribution in [0, 0.1) is 0 Å². The molecule has 5 aromatic heterocycles. The van der Waals surface area contributed by atoms with Gasteiger partial charge in [-0.2, -0.15) is 0 Å². The molecule has 12 rings (SSSR count). The topological polar surface area (TPSA) is 35.6 Å². The van der Waals surface area contributed by atoms with E-state index in [0.717, 1.165) is 67.3 Å². The third kappa shape index (κ3) is 4.99. The molecule has 57 heavy (non-hydrogen) atoms. The van der Waals surface area contributed by atoms with Crippen LogP contribution in [-0.4, -0.2) is 19.1 Å². The maximum absolute atomic E-state index is 5.46. The summed E-state index contributed by atoms with van der Waals surface area (Å²) < 4.78 is 7.40. The second kappa shape index (κ2) is 12.6. The van der Waals surface area contributed by atoms with Crippen LogP contribution in [0.5, 0.6) is 0 Å². The summed E-state index contributed by atoms with van der Waals surface area (Å²) in [4.78, 5) is 10.6. The van der Waals surface area contributed by atoms with Gasteiger partial charge in [-0.3, -0.25) is 4.57 Å². The van der Waals surface area contributed by atoms with E-state index in [1.807, 2.05) is 17.4 Å². The number of benzene rings is 7. The zero-order chi connectivity index (χ0) is 37.5. The lowest BCUT2D eigenvalue weighted by Gasteiger charge is -2.14. The lowest BCUT2D eigenvalue weighted by molar-refractivity contribution is 1.08. The number of pyridine rings is 2. The second-order valence-electron chi connectivity index (χ2n) is 14.6. The normalized spacial score (nSPS) is 11.9. The lowest BCUT2D eigenvalue weighted by atomic mass is 10.1. The van der Waals surface area contributed by atoms with Crippen molar-refractivity contribution in [1.82, 2.24) is 19.1 Å². The molecule has 0 atom stereocenters. The smallest absolute Gasteiger partial charge is 0.138 e. The molecule has 0 fully saturated rings. The molecule has 0 aliphatic heterocycles. The molecule has 266 valence electrons. The van der Waals surface area contributed by atoms with Gasteiger partial charge in [0.15, 0.2) is 0 Å². The summed E-state index contributed by atoms with van der Waals surface area (Å²) in [6.07, 6.45) is 0. The molecule has 0 amide bonds. The van der Waals surface area contributed by atoms with E-state index in [2.05, 4.69) is 197 Å². The second-order valence-corrected chi connectivity index (χ2v) is 15.7. The third-order valence-electron chi connectivity index (χ3n) is 11.3. The highest BCUT2D eigenvalue weighted by atomic mass is 32.1. The number of nitrogens with zero attached hydrogens (tertiary/aromatic N) is 4. The van der Waals surface area contributed by atoms with Gasteiger partial charge in [0, 0.05) is 64.1 Å². The lowest BCUT2D eigenvalue weighted by Crippen LogP contribution is -2.01. The highest BCUT2D eigenvalue weighted by Gasteiger charge is 2.22. The van der Waals surface area contributed by atoms with Crippen molar-refractivity contribution in [3.63, 3.8) is 0 Å². The van der Waals surface area contributed by atoms with Gasteiger partial charge in [-0.05, 0) is 66.7 Å². The summed E-state index contributed by atoms with van der Waals surface area (Å²) in [6, 6.07) is 69.4. The Morgan fingerprint density at radius 2 is 0.895 bits per heavy atom. The van der Waals surface area contributed by atoms with E-state index in [0.29, 0.717) is 0 Å². The largest absolute Gasteiger partial charge is 0.307 e. The minimum atomic E-state index is 0.883. The minimum absolute atomic E-state index is 0.883. The number of fused-ring (bicyclic) bond motifs is 10. The van der Waals surface area contributed by atoms with E-state index in [-0.39, 0.29) is 0 Å². The minimum Gasteiger partial charge on any atom is -0.307 e. The summed E-state index contributed by atoms with van der Waals surface area (Å²) >= 11 is 1.84. The molecule has 5 heterocycles. The number of para-hydroxylation sites is 2. The highest BCUT2D eigenvalue weighted by Crippen LogP contribution is 2.42. The van der Waals surface area contributed by atoms with E-state index in [1.54, 1.807) is 0 Å². The van der Waals surface area contributed by atoms with Crippen molar-refractivity contribution in [3.05, 3.63) is 194 Å². The van der Waals surface area contributed by atoms with Gasteiger partial charge in [-0.1, -0.05) is 127 Å². The first-order valence-corrected chi connectivity index (χ1v) is 20.1. The average molecular weight is 745 g/mol. The molecule has 5 heteroatoms. The van der Waals surface area contributed by atoms with E-state index in [1.165, 1.54) is 41.7 Å². The Kier molecular flexibility index (Phi) is 7.06. The number of aromatic nitrogens is 4. The Bertz CT molecular complexity index is 3530. The van der Waals surface area contributed by atoms with Gasteiger partial charge in [0.05, 0.1) is 39.1 Å². The van der Waals surface area contributed by atoms with Gasteiger partial charge in [-0.25, -0.2) is 9.97 Å². The molecule has 4 nitrogen and oxygen atoms in total. The number of hydrogen-bond acceptors (Lipinski definition) is 3. The summed E-state index contributed by atoms with van der Waals surface area (Å²) in [5.41, 5.74) is 11.7. The van der Waals surface area contributed by atoms with Crippen LogP contribution in [0.2, 0.25) is 0 Å². The van der Waals surface area contributed by atoms with E-state index in [9.17, 15) is 0 Å². The molecular weight excluding hydrogens is 713 g/mol. The van der Waals surface area contributed by atoms with Crippen molar-refractivity contribution in [1.29, 1.82) is 0 Å². The standard InChI is InChI=1S/C52H32N4S/c1-2-13-33(14-3-1)43-20-11-21-44(53-43)34-15-10-16-36(31-34)55-46-23-7-4-17-37(46)40-28-29-41-38-18-5-8-24-47(38)56(52(41)51(40)55)50-26-12-22-45(54-50)35-27-30-49-42(32-35)39-19-6-9-25-48(39)57-49/h1-32H. The van der Waals surface area contributed by atoms with Crippen molar-refractivity contribution < 1.29 is 0 Å². The molecule has 0 bridgehead atoms. The van der Waals surface area contributed by atoms with Crippen molar-refractivity contribution in [2.75, 3.05) is 0 Å². The van der Waals surface area contributed by atoms with Crippen molar-refractivity contribution in [2.24, 2.45) is 0 Å². The Morgan fingerprint density at radius 3 is 1.68 bits per heavy atom. The van der Waals surface area contributed by atoms with Crippen LogP contribution < -0.4 is 0 Å². The van der Waals surface area contributed by atoms with Crippen LogP contribution >= 0.6 is 11.3 Å². The monoisotopic (exact) mass is 744 g/mol. The van der Waals surface area contributed by atoms with Gasteiger partial charge in [-0.15, -0.1) is 11.3 Å². The maximum atomic E-state index is 5.46. The van der Waals surface area contributed by atoms with Gasteiger partial charge in [0.25, 0.3) is 0 Å². The molecule has 0 radical (unpaired) electrons. The fourth-order valence-electron chi connectivity index (χ4n) is 8.77. The van der Waals surface area contributed by atoms with Gasteiger partial charge in [0.1, 0.15) is 5.82 Å². The van der Waals surface area contributed by atoms with Crippen molar-refractivity contribution in [2.45, 2.75) is 0 Å². The first-order valence-electron chi connectivity index (χ1n) is 19.2. The molecule has 0 saturated heterocycles. The average Bonchev–Trinajstić information content (AvgIpc) is 3.94. The van der Waals surface area contributed by atoms with Crippen LogP contribution in [-0.2, 0) is 0 Å². The van der Waals surface area contributed by atoms with Crippen LogP contribution in [0.25, 0.3) is 109 Å². The van der Waals surface area contributed by atoms with E-state index in [4.69, 9.17) is 9.97 Å². The Balaban J connectivity index is 1.10. The first kappa shape index (κ1) is 32.0. The van der Waals surface area contributed by atoms with Crippen molar-refractivity contribution >= 4 is 75.1 Å². The highest BCUT2D eigenvalue weighted by molar-refractivity contribution is 7.25. The molecule has 0 saturated carbocycles. The van der Waals surface area contributed by atoms with E-state index < -0.39 is 0 Å². The van der Waals surface area contributed by atoms with Crippen LogP contribution in [0.15, 0.2) is 194 Å².